The molecular formula is C21H21ClF2N4O4. The van der Waals surface area contributed by atoms with Crippen molar-refractivity contribution in [3.8, 4) is 5.75 Å². The summed E-state index contributed by atoms with van der Waals surface area (Å²) in [6.07, 6.45) is -1.24. The van der Waals surface area contributed by atoms with Gasteiger partial charge in [-0.05, 0) is 54.4 Å². The molecule has 11 heteroatoms. The maximum atomic E-state index is 12.7. The Hall–Kier alpha value is -3.24. The molecule has 1 saturated heterocycles. The Bertz CT molecular complexity index is 1020. The molecule has 2 aromatic carbocycles. The van der Waals surface area contributed by atoms with E-state index in [4.69, 9.17) is 22.7 Å². The Labute approximate surface area is 187 Å². The lowest BCUT2D eigenvalue weighted by Gasteiger charge is -2.41. The van der Waals surface area contributed by atoms with Crippen LogP contribution in [0.2, 0.25) is 5.02 Å². The van der Waals surface area contributed by atoms with Gasteiger partial charge in [0.05, 0.1) is 12.6 Å². The Kier molecular flexibility index (Phi) is 7.26. The molecule has 1 heterocycles. The minimum Gasteiger partial charge on any atom is -0.435 e. The summed E-state index contributed by atoms with van der Waals surface area (Å²) < 4.78 is 29.2. The summed E-state index contributed by atoms with van der Waals surface area (Å²) >= 11 is 5.87. The number of likely N-dealkylation sites (tertiary alicyclic amines) is 1. The Balaban J connectivity index is 1.61. The number of nitrogens with one attached hydrogen (secondary N) is 2. The second-order valence-electron chi connectivity index (χ2n) is 7.15. The summed E-state index contributed by atoms with van der Waals surface area (Å²) in [5.74, 6) is -1.33. The largest absolute Gasteiger partial charge is 0.435 e. The zero-order valence-electron chi connectivity index (χ0n) is 16.7. The van der Waals surface area contributed by atoms with Crippen LogP contribution in [0, 0.1) is 5.41 Å². The molecule has 3 rings (SSSR count). The molecule has 1 aliphatic heterocycles. The molecule has 170 valence electrons. The number of amidine groups is 1. The molecular weight excluding hydrogens is 446 g/mol. The Morgan fingerprint density at radius 1 is 1.28 bits per heavy atom. The van der Waals surface area contributed by atoms with Gasteiger partial charge in [-0.2, -0.15) is 8.78 Å². The normalized spacial score (nSPS) is 16.3. The van der Waals surface area contributed by atoms with Crippen molar-refractivity contribution in [3.05, 3.63) is 58.6 Å². The lowest BCUT2D eigenvalue weighted by Crippen LogP contribution is -2.57. The summed E-state index contributed by atoms with van der Waals surface area (Å²) in [4.78, 5) is 26.5. The van der Waals surface area contributed by atoms with Gasteiger partial charge in [0.2, 0.25) is 0 Å². The number of halogens is 3. The lowest BCUT2D eigenvalue weighted by atomic mass is 9.96. The number of carbonyl (C=O) groups excluding carboxylic acids is 2. The Morgan fingerprint density at radius 3 is 2.53 bits per heavy atom. The van der Waals surface area contributed by atoms with Crippen LogP contribution in [0.25, 0.3) is 0 Å². The molecule has 1 fully saturated rings. The summed E-state index contributed by atoms with van der Waals surface area (Å²) in [6, 6.07) is 9.43. The summed E-state index contributed by atoms with van der Waals surface area (Å²) in [5, 5.41) is 20.8. The van der Waals surface area contributed by atoms with Crippen LogP contribution in [-0.4, -0.2) is 53.3 Å². The van der Waals surface area contributed by atoms with E-state index in [-0.39, 0.29) is 41.0 Å². The number of benzene rings is 2. The number of ether oxygens (including phenoxy) is 1. The minimum absolute atomic E-state index is 0.0139. The number of rotatable bonds is 9. The first-order valence-electron chi connectivity index (χ1n) is 9.60. The van der Waals surface area contributed by atoms with Crippen molar-refractivity contribution in [2.75, 3.05) is 18.4 Å². The van der Waals surface area contributed by atoms with Crippen LogP contribution in [0.1, 0.15) is 23.7 Å². The topological polar surface area (TPSA) is 129 Å². The van der Waals surface area contributed by atoms with E-state index >= 15 is 0 Å². The number of Topliss-reactive ketones (excluding diaryl/α,β-unsaturated/α-hetero) is 1. The predicted octanol–water partition coefficient (Wildman–Crippen LogP) is 2.54. The van der Waals surface area contributed by atoms with Crippen LogP contribution in [0.3, 0.4) is 0 Å². The molecule has 2 aromatic rings. The lowest BCUT2D eigenvalue weighted by molar-refractivity contribution is -0.153. The number of anilines is 1. The maximum Gasteiger partial charge on any atom is 0.387 e. The third-order valence-corrected chi connectivity index (χ3v) is 5.22. The summed E-state index contributed by atoms with van der Waals surface area (Å²) in [6.45, 7) is -2.86. The van der Waals surface area contributed by atoms with Gasteiger partial charge in [-0.3, -0.25) is 15.0 Å². The summed E-state index contributed by atoms with van der Waals surface area (Å²) in [5.41, 5.74) is 6.58. The van der Waals surface area contributed by atoms with Gasteiger partial charge in [-0.15, -0.1) is 0 Å². The van der Waals surface area contributed by atoms with Gasteiger partial charge in [0.1, 0.15) is 11.6 Å². The average molecular weight is 467 g/mol. The predicted molar refractivity (Wildman–Crippen MR) is 114 cm³/mol. The van der Waals surface area contributed by atoms with E-state index in [1.165, 1.54) is 11.0 Å². The highest BCUT2D eigenvalue weighted by Gasteiger charge is 2.39. The molecule has 32 heavy (non-hydrogen) atoms. The van der Waals surface area contributed by atoms with Gasteiger partial charge < -0.3 is 25.8 Å². The van der Waals surface area contributed by atoms with Crippen LogP contribution < -0.4 is 15.8 Å². The third kappa shape index (κ3) is 5.51. The van der Waals surface area contributed by atoms with Crippen molar-refractivity contribution >= 4 is 34.8 Å². The fourth-order valence-corrected chi connectivity index (χ4v) is 3.51. The van der Waals surface area contributed by atoms with Gasteiger partial charge in [0.25, 0.3) is 5.91 Å². The number of aliphatic hydroxyl groups is 1. The van der Waals surface area contributed by atoms with Gasteiger partial charge >= 0.3 is 6.61 Å². The number of alkyl halides is 2. The first kappa shape index (κ1) is 23.4. The monoisotopic (exact) mass is 466 g/mol. The quantitative estimate of drug-likeness (QED) is 0.332. The van der Waals surface area contributed by atoms with Crippen molar-refractivity contribution in [2.24, 2.45) is 5.73 Å². The standard InChI is InChI=1S/C21H21ClF2N4O4/c22-13-7-12(8-15(9-13)32-21(23)24)18(30)20(31)28-6-5-16(28)17(29)10-27-14-3-1-11(2-4-14)19(25)26/h1-4,7-9,16,18,21,27,30H,5-6,10H2,(H3,25,26)/t16-,18+/m0/s1. The second kappa shape index (κ2) is 9.92. The van der Waals surface area contributed by atoms with Crippen molar-refractivity contribution in [1.82, 2.24) is 4.90 Å². The SMILES string of the molecule is N=C(N)c1ccc(NCC(=O)[C@@H]2CCN2C(=O)[C@H](O)c2cc(Cl)cc(OC(F)F)c2)cc1. The second-order valence-corrected chi connectivity index (χ2v) is 7.58. The van der Waals surface area contributed by atoms with Gasteiger partial charge in [0, 0.05) is 22.8 Å². The fraction of sp³-hybridized carbons (Fsp3) is 0.286. The van der Waals surface area contributed by atoms with E-state index in [0.717, 1.165) is 12.1 Å². The van der Waals surface area contributed by atoms with Gasteiger partial charge in [-0.1, -0.05) is 11.6 Å². The number of nitrogens with zero attached hydrogens (tertiary/aromatic N) is 1. The number of carbonyl (C=O) groups is 2. The van der Waals surface area contributed by atoms with Crippen LogP contribution in [0.4, 0.5) is 14.5 Å². The van der Waals surface area contributed by atoms with Crippen LogP contribution in [-0.2, 0) is 9.59 Å². The molecule has 2 atom stereocenters. The molecule has 0 bridgehead atoms. The highest BCUT2D eigenvalue weighted by atomic mass is 35.5. The minimum atomic E-state index is -3.09. The first-order valence-corrected chi connectivity index (χ1v) is 9.98. The molecule has 1 amide bonds. The Morgan fingerprint density at radius 2 is 1.97 bits per heavy atom. The number of aliphatic hydroxyl groups excluding tert-OH is 1. The van der Waals surface area contributed by atoms with Crippen LogP contribution in [0.5, 0.6) is 5.75 Å². The zero-order valence-corrected chi connectivity index (χ0v) is 17.5. The van der Waals surface area contributed by atoms with Gasteiger partial charge in [-0.25, -0.2) is 0 Å². The van der Waals surface area contributed by atoms with Crippen molar-refractivity contribution in [3.63, 3.8) is 0 Å². The summed E-state index contributed by atoms with van der Waals surface area (Å²) in [7, 11) is 0. The number of nitrogens with two attached hydrogens (primary N) is 1. The molecule has 0 unspecified atom stereocenters. The van der Waals surface area contributed by atoms with E-state index < -0.39 is 24.7 Å². The molecule has 0 spiro atoms. The first-order chi connectivity index (χ1) is 15.2. The fourth-order valence-electron chi connectivity index (χ4n) is 3.27. The van der Waals surface area contributed by atoms with Gasteiger partial charge in [0.15, 0.2) is 11.9 Å². The number of nitrogen functional groups attached to an aromatic ring is 1. The zero-order chi connectivity index (χ0) is 23.4. The molecule has 0 aliphatic carbocycles. The smallest absolute Gasteiger partial charge is 0.387 e. The van der Waals surface area contributed by atoms with E-state index in [2.05, 4.69) is 10.1 Å². The molecule has 0 radical (unpaired) electrons. The number of hydrogen-bond acceptors (Lipinski definition) is 6. The van der Waals surface area contributed by atoms with Crippen molar-refractivity contribution in [1.29, 1.82) is 5.41 Å². The van der Waals surface area contributed by atoms with E-state index in [1.54, 1.807) is 24.3 Å². The maximum absolute atomic E-state index is 12.7. The number of hydrogen-bond donors (Lipinski definition) is 4. The van der Waals surface area contributed by atoms with Crippen LogP contribution in [0.15, 0.2) is 42.5 Å². The molecule has 0 saturated carbocycles. The van der Waals surface area contributed by atoms with Crippen LogP contribution >= 0.6 is 11.6 Å². The molecule has 0 aromatic heterocycles. The highest BCUT2D eigenvalue weighted by molar-refractivity contribution is 6.30. The van der Waals surface area contributed by atoms with Crippen molar-refractivity contribution in [2.45, 2.75) is 25.2 Å². The van der Waals surface area contributed by atoms with E-state index in [1.807, 2.05) is 0 Å². The average Bonchev–Trinajstić information content (AvgIpc) is 2.70. The number of amides is 1. The van der Waals surface area contributed by atoms with Crippen molar-refractivity contribution < 1.29 is 28.2 Å². The van der Waals surface area contributed by atoms with E-state index in [0.29, 0.717) is 17.7 Å². The molecule has 8 nitrogen and oxygen atoms in total. The highest BCUT2D eigenvalue weighted by Crippen LogP contribution is 2.30. The van der Waals surface area contributed by atoms with E-state index in [9.17, 15) is 23.5 Å². The molecule has 5 N–H and O–H groups in total. The third-order valence-electron chi connectivity index (χ3n) is 5.01. The number of ketones is 1. The molecule has 1 aliphatic rings.